The highest BCUT2D eigenvalue weighted by Gasteiger charge is 2.00. The van der Waals surface area contributed by atoms with Crippen LogP contribution >= 0.6 is 11.8 Å². The second-order valence-corrected chi connectivity index (χ2v) is 4.86. The summed E-state index contributed by atoms with van der Waals surface area (Å²) in [5.74, 6) is 2.18. The molecule has 0 spiro atoms. The van der Waals surface area contributed by atoms with Crippen LogP contribution in [0.2, 0.25) is 0 Å². The Morgan fingerprint density at radius 1 is 1.65 bits per heavy atom. The quantitative estimate of drug-likeness (QED) is 0.684. The fourth-order valence-corrected chi connectivity index (χ4v) is 2.08. The van der Waals surface area contributed by atoms with Gasteiger partial charge in [0.05, 0.1) is 5.75 Å². The third kappa shape index (κ3) is 6.21. The lowest BCUT2D eigenvalue weighted by molar-refractivity contribution is -0.118. The van der Waals surface area contributed by atoms with Crippen molar-refractivity contribution in [2.75, 3.05) is 23.8 Å². The number of hydrogen-bond donors (Lipinski definition) is 2. The predicted octanol–water partition coefficient (Wildman–Crippen LogP) is 1.11. The molecular formula is C11H20N4OS. The predicted molar refractivity (Wildman–Crippen MR) is 71.9 cm³/mol. The molecule has 0 aliphatic rings. The van der Waals surface area contributed by atoms with Crippen molar-refractivity contribution >= 4 is 23.5 Å². The minimum atomic E-state index is 0.125. The summed E-state index contributed by atoms with van der Waals surface area (Å²) < 4.78 is 1.83. The molecule has 17 heavy (non-hydrogen) atoms. The Morgan fingerprint density at radius 3 is 3.12 bits per heavy atom. The molecule has 0 saturated heterocycles. The number of thioether (sulfide) groups is 1. The summed E-state index contributed by atoms with van der Waals surface area (Å²) >= 11 is 1.65. The Labute approximate surface area is 106 Å². The lowest BCUT2D eigenvalue weighted by Crippen LogP contribution is -2.25. The summed E-state index contributed by atoms with van der Waals surface area (Å²) in [5.41, 5.74) is 5.51. The summed E-state index contributed by atoms with van der Waals surface area (Å²) in [6.45, 7) is 3.66. The molecule has 0 aliphatic heterocycles. The SMILES string of the molecule is CCCNC(=O)CSCCCn1ccc(N)n1. The average molecular weight is 256 g/mol. The van der Waals surface area contributed by atoms with Gasteiger partial charge >= 0.3 is 0 Å². The van der Waals surface area contributed by atoms with Crippen LogP contribution in [0.4, 0.5) is 5.82 Å². The van der Waals surface area contributed by atoms with Gasteiger partial charge in [0.15, 0.2) is 0 Å². The molecule has 1 amide bonds. The molecule has 3 N–H and O–H groups in total. The van der Waals surface area contributed by atoms with Crippen molar-refractivity contribution in [3.05, 3.63) is 12.3 Å². The number of anilines is 1. The molecule has 1 heterocycles. The second kappa shape index (κ2) is 8.00. The first-order chi connectivity index (χ1) is 8.22. The summed E-state index contributed by atoms with van der Waals surface area (Å²) in [6, 6.07) is 1.78. The van der Waals surface area contributed by atoms with Crippen LogP contribution in [0.5, 0.6) is 0 Å². The molecule has 0 fully saturated rings. The van der Waals surface area contributed by atoms with E-state index in [2.05, 4.69) is 10.4 Å². The van der Waals surface area contributed by atoms with E-state index in [9.17, 15) is 4.79 Å². The van der Waals surface area contributed by atoms with Crippen LogP contribution in [0, 0.1) is 0 Å². The molecule has 96 valence electrons. The maximum Gasteiger partial charge on any atom is 0.229 e. The van der Waals surface area contributed by atoms with Gasteiger partial charge in [0.25, 0.3) is 0 Å². The van der Waals surface area contributed by atoms with Crippen molar-refractivity contribution in [2.45, 2.75) is 26.3 Å². The smallest absolute Gasteiger partial charge is 0.229 e. The molecule has 0 atom stereocenters. The number of aromatic nitrogens is 2. The number of nitrogens with zero attached hydrogens (tertiary/aromatic N) is 2. The zero-order valence-electron chi connectivity index (χ0n) is 10.2. The summed E-state index contributed by atoms with van der Waals surface area (Å²) in [6.07, 6.45) is 3.85. The van der Waals surface area contributed by atoms with Gasteiger partial charge in [-0.25, -0.2) is 0 Å². The molecule has 0 aromatic carbocycles. The van der Waals surface area contributed by atoms with E-state index in [1.807, 2.05) is 17.8 Å². The van der Waals surface area contributed by atoms with Gasteiger partial charge in [-0.05, 0) is 24.7 Å². The van der Waals surface area contributed by atoms with Crippen molar-refractivity contribution in [3.63, 3.8) is 0 Å². The van der Waals surface area contributed by atoms with E-state index in [1.54, 1.807) is 17.8 Å². The van der Waals surface area contributed by atoms with Gasteiger partial charge in [-0.15, -0.1) is 0 Å². The third-order valence-corrected chi connectivity index (χ3v) is 3.19. The van der Waals surface area contributed by atoms with Crippen LogP contribution in [-0.2, 0) is 11.3 Å². The Kier molecular flexibility index (Phi) is 6.54. The number of nitrogens with two attached hydrogens (primary N) is 1. The number of aryl methyl sites for hydroxylation is 1. The molecule has 0 radical (unpaired) electrons. The monoisotopic (exact) mass is 256 g/mol. The first-order valence-electron chi connectivity index (χ1n) is 5.85. The molecule has 1 rings (SSSR count). The minimum absolute atomic E-state index is 0.125. The van der Waals surface area contributed by atoms with E-state index in [1.165, 1.54) is 0 Å². The van der Waals surface area contributed by atoms with Crippen molar-refractivity contribution in [3.8, 4) is 0 Å². The lowest BCUT2D eigenvalue weighted by atomic mass is 10.5. The lowest BCUT2D eigenvalue weighted by Gasteiger charge is -2.03. The van der Waals surface area contributed by atoms with E-state index in [0.717, 1.165) is 31.7 Å². The average Bonchev–Trinajstić information content (AvgIpc) is 2.72. The Hall–Kier alpha value is -1.17. The fraction of sp³-hybridized carbons (Fsp3) is 0.636. The van der Waals surface area contributed by atoms with Gasteiger partial charge in [0, 0.05) is 19.3 Å². The normalized spacial score (nSPS) is 10.4. The first-order valence-corrected chi connectivity index (χ1v) is 7.01. The molecule has 5 nitrogen and oxygen atoms in total. The van der Waals surface area contributed by atoms with Gasteiger partial charge in [0.2, 0.25) is 5.91 Å². The molecule has 0 aliphatic carbocycles. The number of carbonyl (C=O) groups excluding carboxylic acids is 1. The van der Waals surface area contributed by atoms with Gasteiger partial charge < -0.3 is 11.1 Å². The minimum Gasteiger partial charge on any atom is -0.382 e. The van der Waals surface area contributed by atoms with Crippen molar-refractivity contribution in [1.82, 2.24) is 15.1 Å². The van der Waals surface area contributed by atoms with Crippen LogP contribution < -0.4 is 11.1 Å². The van der Waals surface area contributed by atoms with Gasteiger partial charge in [-0.3, -0.25) is 9.48 Å². The standard InChI is InChI=1S/C11H20N4OS/c1-2-5-13-11(16)9-17-8-3-6-15-7-4-10(12)14-15/h4,7H,2-3,5-6,8-9H2,1H3,(H2,12,14)(H,13,16). The van der Waals surface area contributed by atoms with Crippen molar-refractivity contribution < 1.29 is 4.79 Å². The molecular weight excluding hydrogens is 236 g/mol. The number of nitrogen functional groups attached to an aromatic ring is 1. The summed E-state index contributed by atoms with van der Waals surface area (Å²) in [7, 11) is 0. The van der Waals surface area contributed by atoms with Crippen LogP contribution in [0.3, 0.4) is 0 Å². The zero-order valence-corrected chi connectivity index (χ0v) is 11.0. The molecule has 1 aromatic rings. The third-order valence-electron chi connectivity index (χ3n) is 2.14. The fourth-order valence-electron chi connectivity index (χ4n) is 1.31. The maximum atomic E-state index is 11.3. The molecule has 6 heteroatoms. The zero-order chi connectivity index (χ0) is 12.5. The van der Waals surface area contributed by atoms with E-state index < -0.39 is 0 Å². The largest absolute Gasteiger partial charge is 0.382 e. The second-order valence-electron chi connectivity index (χ2n) is 3.76. The van der Waals surface area contributed by atoms with E-state index in [-0.39, 0.29) is 5.91 Å². The number of amides is 1. The molecule has 1 aromatic heterocycles. The van der Waals surface area contributed by atoms with E-state index in [0.29, 0.717) is 11.6 Å². The maximum absolute atomic E-state index is 11.3. The molecule has 0 saturated carbocycles. The Morgan fingerprint density at radius 2 is 2.47 bits per heavy atom. The van der Waals surface area contributed by atoms with E-state index in [4.69, 9.17) is 5.73 Å². The first kappa shape index (κ1) is 13.9. The topological polar surface area (TPSA) is 72.9 Å². The number of carbonyl (C=O) groups is 1. The number of rotatable bonds is 8. The Bertz CT molecular complexity index is 340. The highest BCUT2D eigenvalue weighted by Crippen LogP contribution is 2.04. The van der Waals surface area contributed by atoms with Crippen LogP contribution in [0.15, 0.2) is 12.3 Å². The number of hydrogen-bond acceptors (Lipinski definition) is 4. The highest BCUT2D eigenvalue weighted by molar-refractivity contribution is 7.99. The highest BCUT2D eigenvalue weighted by atomic mass is 32.2. The van der Waals surface area contributed by atoms with Crippen LogP contribution in [0.1, 0.15) is 19.8 Å². The van der Waals surface area contributed by atoms with E-state index >= 15 is 0 Å². The van der Waals surface area contributed by atoms with Crippen LogP contribution in [0.25, 0.3) is 0 Å². The number of nitrogens with one attached hydrogen (secondary N) is 1. The molecule has 0 bridgehead atoms. The van der Waals surface area contributed by atoms with Crippen molar-refractivity contribution in [2.24, 2.45) is 0 Å². The summed E-state index contributed by atoms with van der Waals surface area (Å²) in [5, 5.41) is 6.94. The summed E-state index contributed by atoms with van der Waals surface area (Å²) in [4.78, 5) is 11.3. The van der Waals surface area contributed by atoms with Crippen LogP contribution in [-0.4, -0.2) is 33.7 Å². The molecule has 0 unspecified atom stereocenters. The van der Waals surface area contributed by atoms with Gasteiger partial charge in [0.1, 0.15) is 5.82 Å². The Balaban J connectivity index is 1.99. The van der Waals surface area contributed by atoms with Gasteiger partial charge in [-0.1, -0.05) is 6.92 Å². The van der Waals surface area contributed by atoms with Crippen molar-refractivity contribution in [1.29, 1.82) is 0 Å². The van der Waals surface area contributed by atoms with Gasteiger partial charge in [-0.2, -0.15) is 16.9 Å².